The second-order valence-electron chi connectivity index (χ2n) is 7.77. The molecule has 158 valence electrons. The van der Waals surface area contributed by atoms with Crippen LogP contribution in [0.2, 0.25) is 0 Å². The molecule has 0 spiro atoms. The number of carbonyl (C=O) groups is 3. The third-order valence-corrected chi connectivity index (χ3v) is 5.75. The minimum absolute atomic E-state index is 0.0208. The first kappa shape index (κ1) is 21.6. The lowest BCUT2D eigenvalue weighted by Gasteiger charge is -2.23. The molecule has 1 heterocycles. The molecule has 0 saturated carbocycles. The van der Waals surface area contributed by atoms with Crippen LogP contribution in [-0.2, 0) is 16.1 Å². The van der Waals surface area contributed by atoms with Crippen molar-refractivity contribution in [3.8, 4) is 0 Å². The van der Waals surface area contributed by atoms with Crippen molar-refractivity contribution >= 4 is 23.4 Å². The standard InChI is InChI=1S/C24H29N3O3/c1-4-16(2)20-10-5-6-11-21(20)27-15-19(13-22(27)28)24(30)26-14-17-8-7-9-18(12-17)23(29)25-3/h5-12,16,19H,4,13-15H2,1-3H3,(H,25,29)(H,26,30). The van der Waals surface area contributed by atoms with Crippen LogP contribution in [0.1, 0.15) is 54.1 Å². The number of nitrogens with zero attached hydrogens (tertiary/aromatic N) is 1. The second-order valence-corrected chi connectivity index (χ2v) is 7.77. The van der Waals surface area contributed by atoms with E-state index in [-0.39, 0.29) is 30.1 Å². The molecule has 6 heteroatoms. The summed E-state index contributed by atoms with van der Waals surface area (Å²) in [7, 11) is 1.58. The maximum absolute atomic E-state index is 12.7. The van der Waals surface area contributed by atoms with Gasteiger partial charge >= 0.3 is 0 Å². The fourth-order valence-electron chi connectivity index (χ4n) is 3.79. The maximum atomic E-state index is 12.7. The Morgan fingerprint density at radius 3 is 2.67 bits per heavy atom. The van der Waals surface area contributed by atoms with E-state index in [9.17, 15) is 14.4 Å². The molecule has 2 aromatic carbocycles. The number of benzene rings is 2. The van der Waals surface area contributed by atoms with E-state index in [0.29, 0.717) is 24.6 Å². The highest BCUT2D eigenvalue weighted by Gasteiger charge is 2.36. The third-order valence-electron chi connectivity index (χ3n) is 5.75. The molecule has 2 N–H and O–H groups in total. The van der Waals surface area contributed by atoms with Gasteiger partial charge in [0.25, 0.3) is 5.91 Å². The van der Waals surface area contributed by atoms with Gasteiger partial charge in [-0.1, -0.05) is 44.2 Å². The first-order valence-electron chi connectivity index (χ1n) is 10.4. The predicted molar refractivity (Wildman–Crippen MR) is 117 cm³/mol. The zero-order chi connectivity index (χ0) is 21.7. The number of nitrogens with one attached hydrogen (secondary N) is 2. The van der Waals surface area contributed by atoms with Crippen molar-refractivity contribution in [1.82, 2.24) is 10.6 Å². The van der Waals surface area contributed by atoms with Crippen LogP contribution in [0.25, 0.3) is 0 Å². The average Bonchev–Trinajstić information content (AvgIpc) is 3.18. The van der Waals surface area contributed by atoms with Crippen LogP contribution in [0, 0.1) is 5.92 Å². The molecular formula is C24H29N3O3. The highest BCUT2D eigenvalue weighted by molar-refractivity contribution is 6.01. The van der Waals surface area contributed by atoms with Crippen LogP contribution in [0.3, 0.4) is 0 Å². The largest absolute Gasteiger partial charge is 0.355 e. The van der Waals surface area contributed by atoms with Gasteiger partial charge in [-0.15, -0.1) is 0 Å². The highest BCUT2D eigenvalue weighted by atomic mass is 16.2. The van der Waals surface area contributed by atoms with Crippen molar-refractivity contribution in [3.05, 3.63) is 65.2 Å². The zero-order valence-corrected chi connectivity index (χ0v) is 17.8. The Morgan fingerprint density at radius 2 is 1.93 bits per heavy atom. The van der Waals surface area contributed by atoms with Crippen LogP contribution < -0.4 is 15.5 Å². The summed E-state index contributed by atoms with van der Waals surface area (Å²) in [6.45, 7) is 4.98. The number of hydrogen-bond donors (Lipinski definition) is 2. The van der Waals surface area contributed by atoms with Gasteiger partial charge in [0, 0.05) is 37.8 Å². The molecule has 1 aliphatic rings. The lowest BCUT2D eigenvalue weighted by Crippen LogP contribution is -2.33. The molecule has 6 nitrogen and oxygen atoms in total. The summed E-state index contributed by atoms with van der Waals surface area (Å²) in [5.74, 6) is -0.371. The molecule has 0 aromatic heterocycles. The van der Waals surface area contributed by atoms with Crippen molar-refractivity contribution in [2.24, 2.45) is 5.92 Å². The van der Waals surface area contributed by atoms with E-state index in [0.717, 1.165) is 23.2 Å². The number of anilines is 1. The molecule has 0 aliphatic carbocycles. The summed E-state index contributed by atoms with van der Waals surface area (Å²) in [6.07, 6.45) is 1.19. The summed E-state index contributed by atoms with van der Waals surface area (Å²) in [6, 6.07) is 15.1. The maximum Gasteiger partial charge on any atom is 0.251 e. The Labute approximate surface area is 177 Å². The number of para-hydroxylation sites is 1. The second kappa shape index (κ2) is 9.57. The van der Waals surface area contributed by atoms with Gasteiger partial charge < -0.3 is 15.5 Å². The van der Waals surface area contributed by atoms with Crippen LogP contribution >= 0.6 is 0 Å². The van der Waals surface area contributed by atoms with Gasteiger partial charge in [-0.05, 0) is 41.7 Å². The number of rotatable bonds is 7. The van der Waals surface area contributed by atoms with E-state index in [1.54, 1.807) is 30.1 Å². The fraction of sp³-hybridized carbons (Fsp3) is 0.375. The van der Waals surface area contributed by atoms with Crippen molar-refractivity contribution in [2.45, 2.75) is 39.2 Å². The van der Waals surface area contributed by atoms with Crippen LogP contribution in [0.4, 0.5) is 5.69 Å². The van der Waals surface area contributed by atoms with E-state index in [2.05, 4.69) is 30.5 Å². The zero-order valence-electron chi connectivity index (χ0n) is 17.8. The Balaban J connectivity index is 1.66. The summed E-state index contributed by atoms with van der Waals surface area (Å²) in [4.78, 5) is 38.9. The van der Waals surface area contributed by atoms with Gasteiger partial charge in [-0.3, -0.25) is 14.4 Å². The number of carbonyl (C=O) groups excluding carboxylic acids is 3. The lowest BCUT2D eigenvalue weighted by atomic mass is 9.96. The van der Waals surface area contributed by atoms with E-state index in [1.165, 1.54) is 0 Å². The van der Waals surface area contributed by atoms with Gasteiger partial charge in [0.2, 0.25) is 11.8 Å². The molecule has 1 aliphatic heterocycles. The van der Waals surface area contributed by atoms with Crippen molar-refractivity contribution in [1.29, 1.82) is 0 Å². The van der Waals surface area contributed by atoms with E-state index in [1.807, 2.05) is 24.3 Å². The van der Waals surface area contributed by atoms with E-state index >= 15 is 0 Å². The monoisotopic (exact) mass is 407 g/mol. The van der Waals surface area contributed by atoms with Crippen molar-refractivity contribution in [3.63, 3.8) is 0 Å². The fourth-order valence-corrected chi connectivity index (χ4v) is 3.79. The predicted octanol–water partition coefficient (Wildman–Crippen LogP) is 3.23. The minimum atomic E-state index is -0.385. The summed E-state index contributed by atoms with van der Waals surface area (Å²) >= 11 is 0. The Hall–Kier alpha value is -3.15. The quantitative estimate of drug-likeness (QED) is 0.740. The molecule has 0 radical (unpaired) electrons. The first-order chi connectivity index (χ1) is 14.4. The molecular weight excluding hydrogens is 378 g/mol. The Bertz CT molecular complexity index is 941. The molecule has 2 aromatic rings. The van der Waals surface area contributed by atoms with E-state index < -0.39 is 0 Å². The van der Waals surface area contributed by atoms with Crippen LogP contribution in [0.5, 0.6) is 0 Å². The van der Waals surface area contributed by atoms with Gasteiger partial charge in [0.1, 0.15) is 0 Å². The van der Waals surface area contributed by atoms with Gasteiger partial charge in [0.15, 0.2) is 0 Å². The summed E-state index contributed by atoms with van der Waals surface area (Å²) < 4.78 is 0. The van der Waals surface area contributed by atoms with Gasteiger partial charge in [0.05, 0.1) is 5.92 Å². The molecule has 3 rings (SSSR count). The van der Waals surface area contributed by atoms with Crippen LogP contribution in [0.15, 0.2) is 48.5 Å². The normalized spacial score (nSPS) is 17.0. The van der Waals surface area contributed by atoms with E-state index in [4.69, 9.17) is 0 Å². The van der Waals surface area contributed by atoms with Gasteiger partial charge in [-0.25, -0.2) is 0 Å². The van der Waals surface area contributed by atoms with Gasteiger partial charge in [-0.2, -0.15) is 0 Å². The topological polar surface area (TPSA) is 78.5 Å². The number of hydrogen-bond acceptors (Lipinski definition) is 3. The Morgan fingerprint density at radius 1 is 1.17 bits per heavy atom. The third kappa shape index (κ3) is 4.70. The minimum Gasteiger partial charge on any atom is -0.355 e. The van der Waals surface area contributed by atoms with Crippen LogP contribution in [-0.4, -0.2) is 31.3 Å². The Kier molecular flexibility index (Phi) is 6.87. The summed E-state index contributed by atoms with van der Waals surface area (Å²) in [5.41, 5.74) is 3.44. The molecule has 0 bridgehead atoms. The SMILES string of the molecule is CCC(C)c1ccccc1N1CC(C(=O)NCc2cccc(C(=O)NC)c2)CC1=O. The summed E-state index contributed by atoms with van der Waals surface area (Å²) in [5, 5.41) is 5.51. The molecule has 2 atom stereocenters. The average molecular weight is 408 g/mol. The van der Waals surface area contributed by atoms with Crippen molar-refractivity contribution < 1.29 is 14.4 Å². The molecule has 1 fully saturated rings. The first-order valence-corrected chi connectivity index (χ1v) is 10.4. The molecule has 1 saturated heterocycles. The molecule has 2 unspecified atom stereocenters. The number of amides is 3. The highest BCUT2D eigenvalue weighted by Crippen LogP contribution is 2.33. The smallest absolute Gasteiger partial charge is 0.251 e. The van der Waals surface area contributed by atoms with Crippen molar-refractivity contribution in [2.75, 3.05) is 18.5 Å². The molecule has 30 heavy (non-hydrogen) atoms. The molecule has 3 amide bonds. The lowest BCUT2D eigenvalue weighted by molar-refractivity contribution is -0.126.